The molecule has 7 heteroatoms. The van der Waals surface area contributed by atoms with Crippen LogP contribution in [0, 0.1) is 11.3 Å². The third-order valence-corrected chi connectivity index (χ3v) is 5.70. The van der Waals surface area contributed by atoms with Gasteiger partial charge < -0.3 is 19.3 Å². The summed E-state index contributed by atoms with van der Waals surface area (Å²) in [6.45, 7) is 4.00. The van der Waals surface area contributed by atoms with Gasteiger partial charge in [-0.2, -0.15) is 4.98 Å². The Bertz CT molecular complexity index is 807. The van der Waals surface area contributed by atoms with E-state index in [1.54, 1.807) is 11.8 Å². The predicted octanol–water partition coefficient (Wildman–Crippen LogP) is 2.37. The molecule has 4 rings (SSSR count). The summed E-state index contributed by atoms with van der Waals surface area (Å²) in [6.07, 6.45) is 1.99. The molecule has 0 saturated carbocycles. The van der Waals surface area contributed by atoms with Gasteiger partial charge in [0.15, 0.2) is 5.58 Å². The third kappa shape index (κ3) is 2.91. The Hall–Kier alpha value is -2.57. The Morgan fingerprint density at radius 2 is 1.96 bits per heavy atom. The van der Waals surface area contributed by atoms with Crippen molar-refractivity contribution in [3.05, 3.63) is 24.3 Å². The standard InChI is InChI=1S/C19H23N3O4/c1-19(17(24)25)8-11-22(12-19)16(23)13-6-9-21(10-7-13)18-20-14-4-2-3-5-15(14)26-18/h2-5,13H,6-12H2,1H3,(H,24,25)/t19-/m0/s1. The van der Waals surface area contributed by atoms with Crippen molar-refractivity contribution in [3.8, 4) is 0 Å². The van der Waals surface area contributed by atoms with Crippen LogP contribution < -0.4 is 4.90 Å². The molecule has 0 bridgehead atoms. The van der Waals surface area contributed by atoms with Crippen molar-refractivity contribution in [2.75, 3.05) is 31.1 Å². The van der Waals surface area contributed by atoms with Gasteiger partial charge in [0.1, 0.15) is 5.52 Å². The number of rotatable bonds is 3. The summed E-state index contributed by atoms with van der Waals surface area (Å²) >= 11 is 0. The molecule has 7 nitrogen and oxygen atoms in total. The van der Waals surface area contributed by atoms with E-state index in [1.807, 2.05) is 24.3 Å². The van der Waals surface area contributed by atoms with Gasteiger partial charge in [0.25, 0.3) is 6.01 Å². The van der Waals surface area contributed by atoms with Gasteiger partial charge in [0, 0.05) is 32.1 Å². The van der Waals surface area contributed by atoms with Crippen molar-refractivity contribution in [1.82, 2.24) is 9.88 Å². The molecule has 1 atom stereocenters. The molecule has 1 amide bonds. The van der Waals surface area contributed by atoms with Gasteiger partial charge in [0.05, 0.1) is 5.41 Å². The number of oxazole rings is 1. The molecule has 138 valence electrons. The average molecular weight is 357 g/mol. The number of carbonyl (C=O) groups excluding carboxylic acids is 1. The number of hydrogen-bond acceptors (Lipinski definition) is 5. The van der Waals surface area contributed by atoms with E-state index >= 15 is 0 Å². The van der Waals surface area contributed by atoms with Crippen LogP contribution >= 0.6 is 0 Å². The maximum absolute atomic E-state index is 12.8. The minimum atomic E-state index is -0.821. The van der Waals surface area contributed by atoms with E-state index in [4.69, 9.17) is 4.42 Å². The molecule has 0 radical (unpaired) electrons. The first-order chi connectivity index (χ1) is 12.5. The number of aromatic nitrogens is 1. The van der Waals surface area contributed by atoms with Gasteiger partial charge in [-0.05, 0) is 38.3 Å². The Labute approximate surface area is 151 Å². The summed E-state index contributed by atoms with van der Waals surface area (Å²) in [7, 11) is 0. The topological polar surface area (TPSA) is 86.9 Å². The van der Waals surface area contributed by atoms with Gasteiger partial charge in [-0.1, -0.05) is 12.1 Å². The number of hydrogen-bond donors (Lipinski definition) is 1. The van der Waals surface area contributed by atoms with E-state index in [0.29, 0.717) is 38.6 Å². The lowest BCUT2D eigenvalue weighted by molar-refractivity contribution is -0.147. The maximum Gasteiger partial charge on any atom is 0.311 e. The predicted molar refractivity (Wildman–Crippen MR) is 95.9 cm³/mol. The van der Waals surface area contributed by atoms with Crippen molar-refractivity contribution in [2.45, 2.75) is 26.2 Å². The quantitative estimate of drug-likeness (QED) is 0.907. The summed E-state index contributed by atoms with van der Waals surface area (Å²) in [5.41, 5.74) is 0.797. The molecule has 2 aromatic rings. The molecular weight excluding hydrogens is 334 g/mol. The van der Waals surface area contributed by atoms with Crippen LogP contribution in [0.15, 0.2) is 28.7 Å². The van der Waals surface area contributed by atoms with Crippen LogP contribution in [0.2, 0.25) is 0 Å². The van der Waals surface area contributed by atoms with Crippen molar-refractivity contribution in [2.24, 2.45) is 11.3 Å². The van der Waals surface area contributed by atoms with E-state index in [-0.39, 0.29) is 11.8 Å². The number of carboxylic acid groups (broad SMARTS) is 1. The van der Waals surface area contributed by atoms with Crippen molar-refractivity contribution in [1.29, 1.82) is 0 Å². The number of benzene rings is 1. The van der Waals surface area contributed by atoms with Crippen molar-refractivity contribution < 1.29 is 19.1 Å². The third-order valence-electron chi connectivity index (χ3n) is 5.70. The molecule has 2 aliphatic rings. The van der Waals surface area contributed by atoms with Gasteiger partial charge in [-0.15, -0.1) is 0 Å². The molecule has 2 aliphatic heterocycles. The van der Waals surface area contributed by atoms with Crippen molar-refractivity contribution >= 4 is 29.0 Å². The average Bonchev–Trinajstić information content (AvgIpc) is 3.26. The summed E-state index contributed by atoms with van der Waals surface area (Å²) in [5.74, 6) is -0.780. The zero-order chi connectivity index (χ0) is 18.3. The first-order valence-electron chi connectivity index (χ1n) is 9.09. The molecule has 0 unspecified atom stereocenters. The number of nitrogens with zero attached hydrogens (tertiary/aromatic N) is 3. The zero-order valence-electron chi connectivity index (χ0n) is 14.9. The highest BCUT2D eigenvalue weighted by Crippen LogP contribution is 2.33. The minimum absolute atomic E-state index is 0.0493. The monoisotopic (exact) mass is 357 g/mol. The van der Waals surface area contributed by atoms with E-state index in [0.717, 1.165) is 23.9 Å². The molecular formula is C19H23N3O4. The van der Waals surface area contributed by atoms with Gasteiger partial charge in [-0.25, -0.2) is 0 Å². The van der Waals surface area contributed by atoms with E-state index in [2.05, 4.69) is 9.88 Å². The van der Waals surface area contributed by atoms with Gasteiger partial charge >= 0.3 is 5.97 Å². The fourth-order valence-corrected chi connectivity index (χ4v) is 3.89. The first kappa shape index (κ1) is 16.9. The lowest BCUT2D eigenvalue weighted by Crippen LogP contribution is -2.43. The summed E-state index contributed by atoms with van der Waals surface area (Å²) in [4.78, 5) is 32.5. The van der Waals surface area contributed by atoms with E-state index in [9.17, 15) is 14.7 Å². The highest BCUT2D eigenvalue weighted by molar-refractivity contribution is 5.82. The molecule has 3 heterocycles. The number of para-hydroxylation sites is 2. The van der Waals surface area contributed by atoms with E-state index in [1.165, 1.54) is 0 Å². The SMILES string of the molecule is C[C@]1(C(=O)O)CCN(C(=O)C2CCN(c3nc4ccccc4o3)CC2)C1. The summed E-state index contributed by atoms with van der Waals surface area (Å²) in [5, 5.41) is 9.34. The van der Waals surface area contributed by atoms with Gasteiger partial charge in [0.2, 0.25) is 5.91 Å². The number of likely N-dealkylation sites (tertiary alicyclic amines) is 1. The second-order valence-electron chi connectivity index (χ2n) is 7.60. The second-order valence-corrected chi connectivity index (χ2v) is 7.60. The number of amides is 1. The molecule has 26 heavy (non-hydrogen) atoms. The maximum atomic E-state index is 12.8. The van der Waals surface area contributed by atoms with Crippen LogP contribution in [-0.4, -0.2) is 53.0 Å². The Morgan fingerprint density at radius 1 is 1.23 bits per heavy atom. The first-order valence-corrected chi connectivity index (χ1v) is 9.09. The molecule has 1 N–H and O–H groups in total. The number of piperidine rings is 1. The number of carboxylic acids is 1. The van der Waals surface area contributed by atoms with Crippen LogP contribution in [0.25, 0.3) is 11.1 Å². The number of carbonyl (C=O) groups is 2. The molecule has 0 spiro atoms. The molecule has 1 aromatic carbocycles. The highest BCUT2D eigenvalue weighted by Gasteiger charge is 2.43. The van der Waals surface area contributed by atoms with E-state index < -0.39 is 11.4 Å². The molecule has 2 saturated heterocycles. The van der Waals surface area contributed by atoms with Crippen LogP contribution in [0.5, 0.6) is 0 Å². The van der Waals surface area contributed by atoms with Crippen LogP contribution in [0.3, 0.4) is 0 Å². The summed E-state index contributed by atoms with van der Waals surface area (Å²) < 4.78 is 5.81. The molecule has 1 aromatic heterocycles. The van der Waals surface area contributed by atoms with Crippen LogP contribution in [0.4, 0.5) is 6.01 Å². The normalized spacial score (nSPS) is 24.3. The number of fused-ring (bicyclic) bond motifs is 1. The number of aliphatic carboxylic acids is 1. The highest BCUT2D eigenvalue weighted by atomic mass is 16.4. The minimum Gasteiger partial charge on any atom is -0.481 e. The smallest absolute Gasteiger partial charge is 0.311 e. The Morgan fingerprint density at radius 3 is 2.62 bits per heavy atom. The fraction of sp³-hybridized carbons (Fsp3) is 0.526. The molecule has 2 fully saturated rings. The lowest BCUT2D eigenvalue weighted by atomic mass is 9.90. The van der Waals surface area contributed by atoms with Crippen molar-refractivity contribution in [3.63, 3.8) is 0 Å². The van der Waals surface area contributed by atoms with Crippen LogP contribution in [0.1, 0.15) is 26.2 Å². The van der Waals surface area contributed by atoms with Crippen LogP contribution in [-0.2, 0) is 9.59 Å². The fourth-order valence-electron chi connectivity index (χ4n) is 3.89. The largest absolute Gasteiger partial charge is 0.481 e. The van der Waals surface area contributed by atoms with Gasteiger partial charge in [-0.3, -0.25) is 9.59 Å². The molecule has 0 aliphatic carbocycles. The lowest BCUT2D eigenvalue weighted by Gasteiger charge is -2.32. The number of anilines is 1. The zero-order valence-corrected chi connectivity index (χ0v) is 14.9. The Kier molecular flexibility index (Phi) is 4.09. The second kappa shape index (κ2) is 6.30. The summed E-state index contributed by atoms with van der Waals surface area (Å²) in [6, 6.07) is 8.28. The Balaban J connectivity index is 1.37.